The lowest BCUT2D eigenvalue weighted by Crippen LogP contribution is -2.51. The van der Waals surface area contributed by atoms with Crippen molar-refractivity contribution >= 4 is 33.6 Å². The van der Waals surface area contributed by atoms with Crippen molar-refractivity contribution in [3.63, 3.8) is 0 Å². The number of aromatic carboxylic acids is 1. The van der Waals surface area contributed by atoms with Crippen LogP contribution in [0, 0.1) is 0 Å². The van der Waals surface area contributed by atoms with Crippen molar-refractivity contribution in [2.75, 3.05) is 18.5 Å². The largest absolute Gasteiger partial charge is 0.478 e. The third-order valence-electron chi connectivity index (χ3n) is 3.47. The van der Waals surface area contributed by atoms with Crippen molar-refractivity contribution < 1.29 is 19.4 Å². The molecule has 0 atom stereocenters. The van der Waals surface area contributed by atoms with Gasteiger partial charge in [-0.1, -0.05) is 15.9 Å². The molecule has 1 aromatic carbocycles. The van der Waals surface area contributed by atoms with Crippen LogP contribution in [0.5, 0.6) is 0 Å². The van der Waals surface area contributed by atoms with Gasteiger partial charge in [0.15, 0.2) is 0 Å². The predicted octanol–water partition coefficient (Wildman–Crippen LogP) is 2.84. The lowest BCUT2D eigenvalue weighted by molar-refractivity contribution is 0.0499. The van der Waals surface area contributed by atoms with Crippen molar-refractivity contribution in [3.05, 3.63) is 28.2 Å². The number of carboxylic acids is 1. The Hall–Kier alpha value is -1.60. The van der Waals surface area contributed by atoms with Crippen LogP contribution in [-0.2, 0) is 4.74 Å². The number of nitrogens with one attached hydrogen (secondary N) is 2. The number of halogens is 1. The monoisotopic (exact) mass is 356 g/mol. The lowest BCUT2D eigenvalue weighted by atomic mass is 9.93. The van der Waals surface area contributed by atoms with Crippen molar-refractivity contribution in [3.8, 4) is 0 Å². The number of carbonyl (C=O) groups is 2. The molecule has 114 valence electrons. The Morgan fingerprint density at radius 2 is 2.00 bits per heavy atom. The highest BCUT2D eigenvalue weighted by molar-refractivity contribution is 9.10. The molecule has 1 fully saturated rings. The molecule has 0 aromatic heterocycles. The lowest BCUT2D eigenvalue weighted by Gasteiger charge is -2.34. The Balaban J connectivity index is 2.07. The number of amides is 2. The Labute approximate surface area is 131 Å². The van der Waals surface area contributed by atoms with E-state index in [2.05, 4.69) is 26.6 Å². The molecule has 7 heteroatoms. The molecule has 2 amide bonds. The van der Waals surface area contributed by atoms with Gasteiger partial charge in [-0.25, -0.2) is 9.59 Å². The highest BCUT2D eigenvalue weighted by Gasteiger charge is 2.29. The van der Waals surface area contributed by atoms with Crippen molar-refractivity contribution in [2.24, 2.45) is 0 Å². The number of hydrogen-bond acceptors (Lipinski definition) is 3. The fraction of sp³-hybridized carbons (Fsp3) is 0.429. The summed E-state index contributed by atoms with van der Waals surface area (Å²) in [6.07, 6.45) is 1.46. The molecule has 0 aliphatic carbocycles. The molecule has 6 nitrogen and oxygen atoms in total. The van der Waals surface area contributed by atoms with E-state index < -0.39 is 12.0 Å². The number of benzene rings is 1. The van der Waals surface area contributed by atoms with Crippen LogP contribution < -0.4 is 10.6 Å². The van der Waals surface area contributed by atoms with Gasteiger partial charge < -0.3 is 20.5 Å². The Bertz CT molecular complexity index is 556. The molecule has 1 heterocycles. The van der Waals surface area contributed by atoms with Crippen LogP contribution in [0.2, 0.25) is 0 Å². The van der Waals surface area contributed by atoms with Crippen molar-refractivity contribution in [1.82, 2.24) is 5.32 Å². The quantitative estimate of drug-likeness (QED) is 0.776. The van der Waals surface area contributed by atoms with Crippen LogP contribution in [-0.4, -0.2) is 35.9 Å². The molecular weight excluding hydrogens is 340 g/mol. The molecule has 21 heavy (non-hydrogen) atoms. The zero-order valence-electron chi connectivity index (χ0n) is 11.6. The normalized spacial score (nSPS) is 17.0. The maximum atomic E-state index is 12.1. The molecule has 1 saturated heterocycles. The first-order valence-electron chi connectivity index (χ1n) is 6.59. The minimum Gasteiger partial charge on any atom is -0.478 e. The van der Waals surface area contributed by atoms with Crippen LogP contribution in [0.4, 0.5) is 10.5 Å². The first kappa shape index (κ1) is 15.8. The highest BCUT2D eigenvalue weighted by atomic mass is 79.9. The summed E-state index contributed by atoms with van der Waals surface area (Å²) in [7, 11) is 0. The number of ether oxygens (including phenoxy) is 1. The molecule has 0 unspecified atom stereocenters. The van der Waals surface area contributed by atoms with Gasteiger partial charge in [0.2, 0.25) is 0 Å². The smallest absolute Gasteiger partial charge is 0.337 e. The van der Waals surface area contributed by atoms with Crippen LogP contribution in [0.15, 0.2) is 22.7 Å². The molecule has 1 aromatic rings. The van der Waals surface area contributed by atoms with Crippen LogP contribution >= 0.6 is 15.9 Å². The summed E-state index contributed by atoms with van der Waals surface area (Å²) in [4.78, 5) is 23.3. The van der Waals surface area contributed by atoms with Gasteiger partial charge in [0.1, 0.15) is 0 Å². The number of rotatable bonds is 3. The third-order valence-corrected chi connectivity index (χ3v) is 3.97. The topological polar surface area (TPSA) is 87.7 Å². The molecule has 1 aliphatic rings. The van der Waals surface area contributed by atoms with E-state index in [0.717, 1.165) is 12.8 Å². The molecule has 0 bridgehead atoms. The Morgan fingerprint density at radius 3 is 2.62 bits per heavy atom. The molecule has 2 rings (SSSR count). The molecule has 0 saturated carbocycles. The second-order valence-electron chi connectivity index (χ2n) is 5.25. The Morgan fingerprint density at radius 1 is 1.33 bits per heavy atom. The number of anilines is 1. The van der Waals surface area contributed by atoms with Crippen molar-refractivity contribution in [2.45, 2.75) is 25.3 Å². The summed E-state index contributed by atoms with van der Waals surface area (Å²) in [5.74, 6) is -1.09. The number of hydrogen-bond donors (Lipinski definition) is 3. The van der Waals surface area contributed by atoms with E-state index in [1.165, 1.54) is 6.07 Å². The van der Waals surface area contributed by atoms with Gasteiger partial charge in [-0.3, -0.25) is 0 Å². The fourth-order valence-electron chi connectivity index (χ4n) is 2.18. The summed E-state index contributed by atoms with van der Waals surface area (Å²) in [5, 5.41) is 14.7. The van der Waals surface area contributed by atoms with Crippen LogP contribution in [0.3, 0.4) is 0 Å². The number of urea groups is 1. The van der Waals surface area contributed by atoms with Gasteiger partial charge in [0, 0.05) is 23.2 Å². The summed E-state index contributed by atoms with van der Waals surface area (Å²) < 4.78 is 5.91. The molecule has 0 radical (unpaired) electrons. The van der Waals surface area contributed by atoms with E-state index in [4.69, 9.17) is 9.84 Å². The maximum absolute atomic E-state index is 12.1. The summed E-state index contributed by atoms with van der Waals surface area (Å²) in [6, 6.07) is 4.27. The number of carbonyl (C=O) groups excluding carboxylic acids is 1. The zero-order chi connectivity index (χ0) is 15.5. The molecule has 1 aliphatic heterocycles. The second kappa shape index (κ2) is 6.44. The predicted molar refractivity (Wildman–Crippen MR) is 81.7 cm³/mol. The number of carboxylic acid groups (broad SMARTS) is 1. The van der Waals surface area contributed by atoms with Crippen LogP contribution in [0.25, 0.3) is 0 Å². The minimum absolute atomic E-state index is 0.0386. The standard InChI is InChI=1S/C14H17BrN2O4/c1-14(4-6-21-7-5-14)17-13(20)16-11-3-2-9(15)8-10(11)12(18)19/h2-3,8H,4-7H2,1H3,(H,18,19)(H2,16,17,20). The van der Waals surface area contributed by atoms with Crippen molar-refractivity contribution in [1.29, 1.82) is 0 Å². The second-order valence-corrected chi connectivity index (χ2v) is 6.16. The first-order valence-corrected chi connectivity index (χ1v) is 7.39. The van der Waals surface area contributed by atoms with Crippen LogP contribution in [0.1, 0.15) is 30.1 Å². The van der Waals surface area contributed by atoms with Gasteiger partial charge in [-0.2, -0.15) is 0 Å². The van der Waals surface area contributed by atoms with E-state index in [-0.39, 0.29) is 16.8 Å². The average molecular weight is 357 g/mol. The van der Waals surface area contributed by atoms with E-state index in [0.29, 0.717) is 17.7 Å². The van der Waals surface area contributed by atoms with E-state index in [1.54, 1.807) is 12.1 Å². The maximum Gasteiger partial charge on any atom is 0.337 e. The van der Waals surface area contributed by atoms with E-state index in [9.17, 15) is 9.59 Å². The van der Waals surface area contributed by atoms with Gasteiger partial charge >= 0.3 is 12.0 Å². The summed E-state index contributed by atoms with van der Waals surface area (Å²) >= 11 is 3.21. The minimum atomic E-state index is -1.09. The first-order chi connectivity index (χ1) is 9.89. The van der Waals surface area contributed by atoms with E-state index in [1.807, 2.05) is 6.92 Å². The fourth-order valence-corrected chi connectivity index (χ4v) is 2.54. The van der Waals surface area contributed by atoms with Gasteiger partial charge in [0.05, 0.1) is 11.3 Å². The molecule has 0 spiro atoms. The summed E-state index contributed by atoms with van der Waals surface area (Å²) in [6.45, 7) is 3.17. The van der Waals surface area contributed by atoms with Gasteiger partial charge in [0.25, 0.3) is 0 Å². The molecular formula is C14H17BrN2O4. The SMILES string of the molecule is CC1(NC(=O)Nc2ccc(Br)cc2C(=O)O)CCOCC1. The zero-order valence-corrected chi connectivity index (χ0v) is 13.2. The highest BCUT2D eigenvalue weighted by Crippen LogP contribution is 2.23. The third kappa shape index (κ3) is 4.18. The van der Waals surface area contributed by atoms with Gasteiger partial charge in [-0.15, -0.1) is 0 Å². The average Bonchev–Trinajstić information content (AvgIpc) is 2.40. The molecule has 3 N–H and O–H groups in total. The van der Waals surface area contributed by atoms with Gasteiger partial charge in [-0.05, 0) is 38.0 Å². The Kier molecular flexibility index (Phi) is 4.84. The summed E-state index contributed by atoms with van der Waals surface area (Å²) in [5.41, 5.74) is -0.0309. The van der Waals surface area contributed by atoms with E-state index >= 15 is 0 Å².